The molecule has 1 fully saturated rings. The lowest BCUT2D eigenvalue weighted by atomic mass is 10.4. The normalized spacial score (nSPS) is 19.0. The van der Waals surface area contributed by atoms with Crippen LogP contribution in [0.4, 0.5) is 0 Å². The first kappa shape index (κ1) is 4.06. The third kappa shape index (κ3) is 0.510. The highest BCUT2D eigenvalue weighted by atomic mass is 15.2. The van der Waals surface area contributed by atoms with E-state index in [2.05, 4.69) is 21.5 Å². The lowest BCUT2D eigenvalue weighted by molar-refractivity contribution is 0.934. The van der Waals surface area contributed by atoms with Gasteiger partial charge in [-0.15, -0.1) is 5.10 Å². The summed E-state index contributed by atoms with van der Waals surface area (Å²) in [4.78, 5) is 3.89. The van der Waals surface area contributed by atoms with Crippen molar-refractivity contribution in [3.8, 4) is 0 Å². The van der Waals surface area contributed by atoms with Crippen molar-refractivity contribution < 1.29 is 0 Å². The molecule has 8 heavy (non-hydrogen) atoms. The molecular weight excluding hydrogens is 102 g/mol. The number of hydrogen-bond acceptors (Lipinski definition) is 2. The van der Waals surface area contributed by atoms with Crippen LogP contribution in [0.3, 0.4) is 0 Å². The van der Waals surface area contributed by atoms with Crippen LogP contribution in [0, 0.1) is 6.33 Å². The smallest absolute Gasteiger partial charge is 0.220 e. The summed E-state index contributed by atoms with van der Waals surface area (Å²) in [6, 6.07) is 0. The molecule has 0 aromatic carbocycles. The lowest BCUT2D eigenvalue weighted by Gasteiger charge is -1.80. The number of rotatable bonds is 1. The summed E-state index contributed by atoms with van der Waals surface area (Å²) in [7, 11) is 0. The monoisotopic (exact) mass is 108 g/mol. The van der Waals surface area contributed by atoms with E-state index < -0.39 is 0 Å². The molecule has 3 heteroatoms. The average molecular weight is 108 g/mol. The Hall–Kier alpha value is -0.860. The molecule has 0 unspecified atom stereocenters. The SMILES string of the molecule is [c]1n[nH]c(C2CC2)n1. The van der Waals surface area contributed by atoms with E-state index in [0.717, 1.165) is 5.82 Å². The molecule has 1 aromatic rings. The third-order valence-corrected chi connectivity index (χ3v) is 1.35. The van der Waals surface area contributed by atoms with Crippen LogP contribution in [-0.2, 0) is 0 Å². The number of aromatic amines is 1. The van der Waals surface area contributed by atoms with E-state index in [-0.39, 0.29) is 0 Å². The van der Waals surface area contributed by atoms with Gasteiger partial charge in [-0.25, -0.2) is 4.98 Å². The van der Waals surface area contributed by atoms with Crippen LogP contribution in [-0.4, -0.2) is 15.2 Å². The molecule has 41 valence electrons. The predicted octanol–water partition coefficient (Wildman–Crippen LogP) is 0.482. The van der Waals surface area contributed by atoms with E-state index in [9.17, 15) is 0 Å². The minimum atomic E-state index is 0.675. The van der Waals surface area contributed by atoms with Crippen LogP contribution in [0.25, 0.3) is 0 Å². The van der Waals surface area contributed by atoms with Crippen LogP contribution in [0.1, 0.15) is 24.6 Å². The first-order valence-electron chi connectivity index (χ1n) is 2.75. The first-order chi connectivity index (χ1) is 3.97. The Balaban J connectivity index is 2.28. The molecule has 0 amide bonds. The van der Waals surface area contributed by atoms with E-state index in [1.54, 1.807) is 0 Å². The number of hydrogen-bond donors (Lipinski definition) is 1. The van der Waals surface area contributed by atoms with Gasteiger partial charge in [0.25, 0.3) is 0 Å². The van der Waals surface area contributed by atoms with Crippen LogP contribution in [0.15, 0.2) is 0 Å². The Labute approximate surface area is 47.1 Å². The molecule has 1 saturated carbocycles. The van der Waals surface area contributed by atoms with Crippen LogP contribution in [0.5, 0.6) is 0 Å². The van der Waals surface area contributed by atoms with E-state index >= 15 is 0 Å². The van der Waals surface area contributed by atoms with Crippen molar-refractivity contribution in [2.75, 3.05) is 0 Å². The van der Waals surface area contributed by atoms with Crippen LogP contribution in [0.2, 0.25) is 0 Å². The fourth-order valence-electron chi connectivity index (χ4n) is 0.725. The Morgan fingerprint density at radius 3 is 3.00 bits per heavy atom. The maximum absolute atomic E-state index is 3.89. The summed E-state index contributed by atoms with van der Waals surface area (Å²) in [6.45, 7) is 0. The van der Waals surface area contributed by atoms with Gasteiger partial charge in [0.15, 0.2) is 0 Å². The van der Waals surface area contributed by atoms with E-state index in [1.165, 1.54) is 12.8 Å². The standard InChI is InChI=1S/C5H6N3/c1-2-4(1)5-6-3-7-8-5/h4H,1-2H2,(H,6,7,8). The molecule has 0 aliphatic heterocycles. The van der Waals surface area contributed by atoms with E-state index in [4.69, 9.17) is 0 Å². The Morgan fingerprint density at radius 2 is 2.50 bits per heavy atom. The van der Waals surface area contributed by atoms with Gasteiger partial charge in [0.1, 0.15) is 5.82 Å². The van der Waals surface area contributed by atoms with Crippen molar-refractivity contribution in [2.24, 2.45) is 0 Å². The van der Waals surface area contributed by atoms with Crippen molar-refractivity contribution in [3.63, 3.8) is 0 Å². The molecule has 1 N–H and O–H groups in total. The van der Waals surface area contributed by atoms with Gasteiger partial charge in [-0.3, -0.25) is 5.10 Å². The fraction of sp³-hybridized carbons (Fsp3) is 0.600. The molecule has 3 nitrogen and oxygen atoms in total. The minimum Gasteiger partial charge on any atom is -0.262 e. The Bertz CT molecular complexity index is 164. The summed E-state index contributed by atoms with van der Waals surface area (Å²) in [5.41, 5.74) is 0. The van der Waals surface area contributed by atoms with Gasteiger partial charge in [-0.2, -0.15) is 0 Å². The third-order valence-electron chi connectivity index (χ3n) is 1.35. The molecule has 1 radical (unpaired) electrons. The summed E-state index contributed by atoms with van der Waals surface area (Å²) in [5.74, 6) is 1.68. The van der Waals surface area contributed by atoms with Crippen molar-refractivity contribution in [3.05, 3.63) is 12.2 Å². The largest absolute Gasteiger partial charge is 0.262 e. The van der Waals surface area contributed by atoms with Crippen molar-refractivity contribution in [1.82, 2.24) is 15.2 Å². The molecular formula is C5H6N3. The zero-order valence-corrected chi connectivity index (χ0v) is 4.39. The highest BCUT2D eigenvalue weighted by molar-refractivity contribution is 5.01. The molecule has 0 spiro atoms. The van der Waals surface area contributed by atoms with Crippen LogP contribution >= 0.6 is 0 Å². The minimum absolute atomic E-state index is 0.675. The number of nitrogens with one attached hydrogen (secondary N) is 1. The molecule has 0 bridgehead atoms. The summed E-state index contributed by atoms with van der Waals surface area (Å²) < 4.78 is 0. The molecule has 2 rings (SSSR count). The van der Waals surface area contributed by atoms with Gasteiger partial charge in [0.2, 0.25) is 6.33 Å². The average Bonchev–Trinajstić information content (AvgIpc) is 2.49. The van der Waals surface area contributed by atoms with Gasteiger partial charge < -0.3 is 0 Å². The van der Waals surface area contributed by atoms with Crippen molar-refractivity contribution in [2.45, 2.75) is 18.8 Å². The van der Waals surface area contributed by atoms with E-state index in [1.807, 2.05) is 0 Å². The van der Waals surface area contributed by atoms with Crippen LogP contribution < -0.4 is 0 Å². The highest BCUT2D eigenvalue weighted by Gasteiger charge is 2.25. The molecule has 1 aromatic heterocycles. The maximum Gasteiger partial charge on any atom is 0.220 e. The molecule has 1 aliphatic rings. The van der Waals surface area contributed by atoms with Gasteiger partial charge >= 0.3 is 0 Å². The van der Waals surface area contributed by atoms with Gasteiger partial charge in [-0.05, 0) is 12.8 Å². The summed E-state index contributed by atoms with van der Waals surface area (Å²) in [6.07, 6.45) is 5.03. The first-order valence-corrected chi connectivity index (χ1v) is 2.75. The number of nitrogens with zero attached hydrogens (tertiary/aromatic N) is 2. The fourth-order valence-corrected chi connectivity index (χ4v) is 0.725. The summed E-state index contributed by atoms with van der Waals surface area (Å²) in [5, 5.41) is 6.40. The van der Waals surface area contributed by atoms with Gasteiger partial charge in [0.05, 0.1) is 0 Å². The second kappa shape index (κ2) is 1.31. The summed E-state index contributed by atoms with van der Waals surface area (Å²) >= 11 is 0. The zero-order valence-electron chi connectivity index (χ0n) is 4.39. The molecule has 0 atom stereocenters. The van der Waals surface area contributed by atoms with Gasteiger partial charge in [-0.1, -0.05) is 0 Å². The lowest BCUT2D eigenvalue weighted by Crippen LogP contribution is -1.79. The second-order valence-electron chi connectivity index (χ2n) is 2.09. The topological polar surface area (TPSA) is 41.6 Å². The quantitative estimate of drug-likeness (QED) is 0.568. The molecule has 0 saturated heterocycles. The Kier molecular flexibility index (Phi) is 0.664. The predicted molar refractivity (Wildman–Crippen MR) is 27.2 cm³/mol. The van der Waals surface area contributed by atoms with E-state index in [0.29, 0.717) is 5.92 Å². The maximum atomic E-state index is 3.89. The zero-order chi connectivity index (χ0) is 5.40. The molecule has 1 aliphatic carbocycles. The Morgan fingerprint density at radius 1 is 1.62 bits per heavy atom. The number of aromatic nitrogens is 3. The van der Waals surface area contributed by atoms with Crippen molar-refractivity contribution >= 4 is 0 Å². The second-order valence-corrected chi connectivity index (χ2v) is 2.09. The van der Waals surface area contributed by atoms with Gasteiger partial charge in [0, 0.05) is 5.92 Å². The highest BCUT2D eigenvalue weighted by Crippen LogP contribution is 2.37. The number of H-pyrrole nitrogens is 1. The van der Waals surface area contributed by atoms with Crippen molar-refractivity contribution in [1.29, 1.82) is 0 Å². The molecule has 1 heterocycles.